The molecule has 166 valence electrons. The van der Waals surface area contributed by atoms with E-state index in [2.05, 4.69) is 21.9 Å². The van der Waals surface area contributed by atoms with Crippen LogP contribution in [0.1, 0.15) is 41.0 Å². The molecule has 2 atom stereocenters. The van der Waals surface area contributed by atoms with Gasteiger partial charge in [0.1, 0.15) is 5.60 Å². The monoisotopic (exact) mass is 430 g/mol. The van der Waals surface area contributed by atoms with E-state index in [0.29, 0.717) is 4.90 Å². The van der Waals surface area contributed by atoms with Gasteiger partial charge in [-0.3, -0.25) is 20.2 Å². The standard InChI is InChI=1S/C17H24F6N4O2/c1-7-24-12(17(21,22)23)27-11(26-13(28)29-14(3,4)5)15(27,6)25-9-10(2)8-16(18,19)20/h9,11H,2,7-8H2,1,3-6H3,(H,26,28)/t11?,15-,27?/m1/s1. The van der Waals surface area contributed by atoms with Crippen molar-refractivity contribution in [3.63, 3.8) is 0 Å². The number of alkyl halides is 6. The summed E-state index contributed by atoms with van der Waals surface area (Å²) in [6.07, 6.45) is -12.3. The number of ether oxygens (including phenoxy) is 1. The van der Waals surface area contributed by atoms with E-state index < -0.39 is 53.7 Å². The molecule has 1 heterocycles. The van der Waals surface area contributed by atoms with Gasteiger partial charge in [0.05, 0.1) is 6.42 Å². The summed E-state index contributed by atoms with van der Waals surface area (Å²) in [6, 6.07) is 0. The van der Waals surface area contributed by atoms with Crippen LogP contribution in [0.3, 0.4) is 0 Å². The molecule has 1 amide bonds. The van der Waals surface area contributed by atoms with E-state index >= 15 is 0 Å². The first-order valence-corrected chi connectivity index (χ1v) is 8.61. The summed E-state index contributed by atoms with van der Waals surface area (Å²) in [5, 5.41) is 2.25. The van der Waals surface area contributed by atoms with E-state index in [9.17, 15) is 31.1 Å². The van der Waals surface area contributed by atoms with Crippen LogP contribution in [0.5, 0.6) is 0 Å². The Balaban J connectivity index is 3.15. The average molecular weight is 430 g/mol. The number of amides is 1. The van der Waals surface area contributed by atoms with Gasteiger partial charge in [-0.2, -0.15) is 26.3 Å². The van der Waals surface area contributed by atoms with Crippen LogP contribution in [0.15, 0.2) is 22.1 Å². The Morgan fingerprint density at radius 1 is 1.24 bits per heavy atom. The van der Waals surface area contributed by atoms with Crippen molar-refractivity contribution in [1.82, 2.24) is 10.2 Å². The van der Waals surface area contributed by atoms with Crippen LogP contribution >= 0.6 is 0 Å². The normalized spacial score (nSPS) is 23.3. The molecule has 12 heteroatoms. The second kappa shape index (κ2) is 8.23. The molecular formula is C17H24F6N4O2. The second-order valence-corrected chi connectivity index (χ2v) is 7.52. The number of allylic oxidation sites excluding steroid dienone is 1. The molecule has 1 N–H and O–H groups in total. The Labute approximate surface area is 164 Å². The summed E-state index contributed by atoms with van der Waals surface area (Å²) in [4.78, 5) is 19.9. The van der Waals surface area contributed by atoms with E-state index in [4.69, 9.17) is 4.74 Å². The van der Waals surface area contributed by atoms with Gasteiger partial charge in [0.25, 0.3) is 0 Å². The maximum absolute atomic E-state index is 13.4. The van der Waals surface area contributed by atoms with Crippen LogP contribution in [0.4, 0.5) is 31.1 Å². The maximum atomic E-state index is 13.4. The molecule has 0 aliphatic carbocycles. The number of carbonyl (C=O) groups excluding carboxylic acids is 1. The summed E-state index contributed by atoms with van der Waals surface area (Å²) in [7, 11) is 0. The van der Waals surface area contributed by atoms with E-state index in [-0.39, 0.29) is 6.54 Å². The molecule has 29 heavy (non-hydrogen) atoms. The predicted octanol–water partition coefficient (Wildman–Crippen LogP) is 4.43. The van der Waals surface area contributed by atoms with Gasteiger partial charge in [-0.1, -0.05) is 6.58 Å². The number of halogens is 6. The molecule has 0 aromatic carbocycles. The second-order valence-electron chi connectivity index (χ2n) is 7.52. The van der Waals surface area contributed by atoms with Gasteiger partial charge in [0.2, 0.25) is 5.84 Å². The summed E-state index contributed by atoms with van der Waals surface area (Å²) in [6.45, 7) is 10.3. The molecule has 0 aromatic heterocycles. The summed E-state index contributed by atoms with van der Waals surface area (Å²) < 4.78 is 82.6. The number of aliphatic imine (C=N–C) groups is 2. The topological polar surface area (TPSA) is 66.1 Å². The highest BCUT2D eigenvalue weighted by Gasteiger charge is 2.66. The lowest BCUT2D eigenvalue weighted by Crippen LogP contribution is -2.39. The minimum absolute atomic E-state index is 0.203. The molecule has 6 nitrogen and oxygen atoms in total. The smallest absolute Gasteiger partial charge is 0.444 e. The lowest BCUT2D eigenvalue weighted by molar-refractivity contribution is -0.125. The number of hydrogen-bond acceptors (Lipinski definition) is 4. The fraction of sp³-hybridized carbons (Fsp3) is 0.706. The quantitative estimate of drug-likeness (QED) is 0.304. The third-order valence-corrected chi connectivity index (χ3v) is 3.58. The largest absolute Gasteiger partial charge is 0.449 e. The average Bonchev–Trinajstić information content (AvgIpc) is 3.01. The highest BCUT2D eigenvalue weighted by atomic mass is 19.4. The van der Waals surface area contributed by atoms with Crippen molar-refractivity contribution in [2.24, 2.45) is 9.98 Å². The first kappa shape index (κ1) is 24.8. The third-order valence-electron chi connectivity index (χ3n) is 3.58. The Kier molecular flexibility index (Phi) is 7.03. The third kappa shape index (κ3) is 7.24. The molecular weight excluding hydrogens is 406 g/mol. The SMILES string of the molecule is C=C(C=N[C@@]1(C)C(NC(=O)OC(C)(C)C)N1C(=NCC)C(F)(F)F)CC(F)(F)F. The van der Waals surface area contributed by atoms with Crippen molar-refractivity contribution in [3.05, 3.63) is 12.2 Å². The van der Waals surface area contributed by atoms with E-state index in [1.54, 1.807) is 20.8 Å². The fourth-order valence-electron chi connectivity index (χ4n) is 2.45. The molecule has 1 unspecified atom stereocenters. The van der Waals surface area contributed by atoms with Crippen LogP contribution in [0, 0.1) is 0 Å². The van der Waals surface area contributed by atoms with Crippen LogP contribution < -0.4 is 5.32 Å². The van der Waals surface area contributed by atoms with E-state index in [1.807, 2.05) is 0 Å². The zero-order valence-corrected chi connectivity index (χ0v) is 16.7. The van der Waals surface area contributed by atoms with Gasteiger partial charge >= 0.3 is 18.4 Å². The number of nitrogens with one attached hydrogen (secondary N) is 1. The van der Waals surface area contributed by atoms with Crippen molar-refractivity contribution >= 4 is 18.1 Å². The molecule has 0 bridgehead atoms. The molecule has 1 rings (SSSR count). The highest BCUT2D eigenvalue weighted by molar-refractivity contribution is 5.92. The van der Waals surface area contributed by atoms with Gasteiger partial charge in [0, 0.05) is 12.8 Å². The summed E-state index contributed by atoms with van der Waals surface area (Å²) in [5.74, 6) is -1.30. The molecule has 0 saturated carbocycles. The fourth-order valence-corrected chi connectivity index (χ4v) is 2.45. The van der Waals surface area contributed by atoms with Crippen LogP contribution in [-0.4, -0.2) is 59.4 Å². The molecule has 1 aliphatic heterocycles. The zero-order valence-electron chi connectivity index (χ0n) is 16.7. The van der Waals surface area contributed by atoms with Crippen molar-refractivity contribution < 1.29 is 35.9 Å². The number of alkyl carbamates (subject to hydrolysis) is 1. The number of amidine groups is 1. The molecule has 1 saturated heterocycles. The van der Waals surface area contributed by atoms with Crippen LogP contribution in [0.2, 0.25) is 0 Å². The molecule has 1 aliphatic rings. The predicted molar refractivity (Wildman–Crippen MR) is 95.7 cm³/mol. The summed E-state index contributed by atoms with van der Waals surface area (Å²) in [5.41, 5.74) is -3.06. The number of rotatable bonds is 5. The van der Waals surface area contributed by atoms with E-state index in [0.717, 1.165) is 6.21 Å². The minimum atomic E-state index is -4.86. The Morgan fingerprint density at radius 2 is 1.79 bits per heavy atom. The first-order chi connectivity index (χ1) is 12.9. The van der Waals surface area contributed by atoms with Crippen LogP contribution in [-0.2, 0) is 4.74 Å². The first-order valence-electron chi connectivity index (χ1n) is 8.61. The molecule has 0 radical (unpaired) electrons. The van der Waals surface area contributed by atoms with Crippen molar-refractivity contribution in [2.75, 3.05) is 6.54 Å². The minimum Gasteiger partial charge on any atom is -0.444 e. The van der Waals surface area contributed by atoms with Gasteiger partial charge < -0.3 is 4.74 Å². The molecule has 1 fully saturated rings. The molecule has 0 spiro atoms. The Morgan fingerprint density at radius 3 is 2.21 bits per heavy atom. The highest BCUT2D eigenvalue weighted by Crippen LogP contribution is 2.44. The Hall–Kier alpha value is -2.27. The number of hydrogen-bond donors (Lipinski definition) is 1. The van der Waals surface area contributed by atoms with Gasteiger partial charge in [-0.25, -0.2) is 4.79 Å². The van der Waals surface area contributed by atoms with Gasteiger partial charge in [-0.15, -0.1) is 0 Å². The van der Waals surface area contributed by atoms with Crippen molar-refractivity contribution in [1.29, 1.82) is 0 Å². The van der Waals surface area contributed by atoms with Crippen LogP contribution in [0.25, 0.3) is 0 Å². The Bertz CT molecular complexity index is 694. The molecule has 0 aromatic rings. The maximum Gasteiger partial charge on any atom is 0.449 e. The van der Waals surface area contributed by atoms with E-state index in [1.165, 1.54) is 13.8 Å². The lowest BCUT2D eigenvalue weighted by Gasteiger charge is -2.19. The number of nitrogens with zero attached hydrogens (tertiary/aromatic N) is 3. The van der Waals surface area contributed by atoms with Gasteiger partial charge in [-0.05, 0) is 40.2 Å². The van der Waals surface area contributed by atoms with Crippen molar-refractivity contribution in [2.45, 2.75) is 70.8 Å². The lowest BCUT2D eigenvalue weighted by atomic mass is 10.2. The van der Waals surface area contributed by atoms with Crippen molar-refractivity contribution in [3.8, 4) is 0 Å². The van der Waals surface area contributed by atoms with Gasteiger partial charge in [0.15, 0.2) is 11.8 Å². The summed E-state index contributed by atoms with van der Waals surface area (Å²) >= 11 is 0. The number of carbonyl (C=O) groups is 1. The zero-order chi connectivity index (χ0) is 22.8.